The largest absolute Gasteiger partial charge is 0.493 e. The molecule has 0 aliphatic carbocycles. The normalized spacial score (nSPS) is 11.2. The second kappa shape index (κ2) is 8.98. The molecule has 0 aliphatic rings. The molecule has 1 amide bonds. The van der Waals surface area contributed by atoms with Crippen LogP contribution in [0, 0.1) is 5.82 Å². The quantitative estimate of drug-likeness (QED) is 0.363. The molecule has 0 atom stereocenters. The lowest BCUT2D eigenvalue weighted by molar-refractivity contribution is 0.0529. The minimum atomic E-state index is -0.843. The van der Waals surface area contributed by atoms with E-state index in [0.717, 1.165) is 0 Å². The number of ether oxygens (including phenoxy) is 3. The molecule has 2 rings (SSSR count). The number of carbonyl (C=O) groups excluding carboxylic acids is 2. The Labute approximate surface area is 162 Å². The SMILES string of the molecule is COc1cc(/C=N\NC(=O)OC(C)(C)C)ccc1OC(=O)c1ccccc1F. The average Bonchev–Trinajstić information content (AvgIpc) is 2.61. The van der Waals surface area contributed by atoms with Gasteiger partial charge in [-0.05, 0) is 56.7 Å². The Morgan fingerprint density at radius 3 is 2.46 bits per heavy atom. The number of nitrogens with zero attached hydrogens (tertiary/aromatic N) is 1. The summed E-state index contributed by atoms with van der Waals surface area (Å²) >= 11 is 0. The van der Waals surface area contributed by atoms with Crippen LogP contribution in [0.15, 0.2) is 47.6 Å². The maximum Gasteiger partial charge on any atom is 0.428 e. The number of nitrogens with one attached hydrogen (secondary N) is 1. The number of esters is 1. The Hall–Kier alpha value is -3.42. The first-order valence-corrected chi connectivity index (χ1v) is 8.36. The molecule has 2 aromatic rings. The van der Waals surface area contributed by atoms with Gasteiger partial charge in [-0.15, -0.1) is 0 Å². The molecule has 0 aliphatic heterocycles. The first kappa shape index (κ1) is 20.9. The van der Waals surface area contributed by atoms with E-state index in [-0.39, 0.29) is 17.1 Å². The third-order valence-electron chi connectivity index (χ3n) is 3.25. The highest BCUT2D eigenvalue weighted by atomic mass is 19.1. The van der Waals surface area contributed by atoms with Gasteiger partial charge in [0, 0.05) is 0 Å². The van der Waals surface area contributed by atoms with Crippen molar-refractivity contribution < 1.29 is 28.2 Å². The fourth-order valence-electron chi connectivity index (χ4n) is 2.09. The predicted molar refractivity (Wildman–Crippen MR) is 101 cm³/mol. The van der Waals surface area contributed by atoms with Crippen LogP contribution in [0.5, 0.6) is 11.5 Å². The molecule has 0 radical (unpaired) electrons. The van der Waals surface area contributed by atoms with Crippen molar-refractivity contribution in [2.24, 2.45) is 5.10 Å². The van der Waals surface area contributed by atoms with Gasteiger partial charge < -0.3 is 14.2 Å². The van der Waals surface area contributed by atoms with Crippen LogP contribution in [-0.2, 0) is 4.74 Å². The second-order valence-electron chi connectivity index (χ2n) is 6.65. The van der Waals surface area contributed by atoms with Crippen LogP contribution in [0.2, 0.25) is 0 Å². The van der Waals surface area contributed by atoms with E-state index >= 15 is 0 Å². The molecule has 148 valence electrons. The van der Waals surface area contributed by atoms with E-state index in [1.807, 2.05) is 0 Å². The Bertz CT molecular complexity index is 890. The van der Waals surface area contributed by atoms with Crippen LogP contribution in [0.1, 0.15) is 36.7 Å². The van der Waals surface area contributed by atoms with E-state index in [0.29, 0.717) is 5.56 Å². The zero-order valence-electron chi connectivity index (χ0n) is 16.0. The first-order chi connectivity index (χ1) is 13.2. The van der Waals surface area contributed by atoms with Crippen LogP contribution in [0.4, 0.5) is 9.18 Å². The molecule has 0 aromatic heterocycles. The van der Waals surface area contributed by atoms with Gasteiger partial charge in [0.1, 0.15) is 11.4 Å². The minimum Gasteiger partial charge on any atom is -0.493 e. The Balaban J connectivity index is 2.07. The molecule has 0 fully saturated rings. The maximum absolute atomic E-state index is 13.7. The molecular formula is C20H21FN2O5. The molecule has 7 nitrogen and oxygen atoms in total. The van der Waals surface area contributed by atoms with Gasteiger partial charge in [-0.25, -0.2) is 19.4 Å². The lowest BCUT2D eigenvalue weighted by Crippen LogP contribution is -2.29. The van der Waals surface area contributed by atoms with Crippen LogP contribution in [-0.4, -0.2) is 31.0 Å². The Morgan fingerprint density at radius 2 is 1.82 bits per heavy atom. The molecular weight excluding hydrogens is 367 g/mol. The van der Waals surface area contributed by atoms with Gasteiger partial charge in [-0.1, -0.05) is 12.1 Å². The molecule has 1 N–H and O–H groups in total. The van der Waals surface area contributed by atoms with E-state index in [2.05, 4.69) is 10.5 Å². The Kier molecular flexibility index (Phi) is 6.70. The summed E-state index contributed by atoms with van der Waals surface area (Å²) in [5.41, 5.74) is 1.99. The van der Waals surface area contributed by atoms with Gasteiger partial charge in [0.2, 0.25) is 0 Å². The van der Waals surface area contributed by atoms with E-state index in [1.165, 1.54) is 43.7 Å². The van der Waals surface area contributed by atoms with Crippen molar-refractivity contribution in [2.45, 2.75) is 26.4 Å². The standard InChI is InChI=1S/C20H21FN2O5/c1-20(2,3)28-19(25)23-22-12-13-9-10-16(17(11-13)26-4)27-18(24)14-7-5-6-8-15(14)21/h5-12H,1-4H3,(H,23,25)/b22-12-. The van der Waals surface area contributed by atoms with Crippen LogP contribution < -0.4 is 14.9 Å². The van der Waals surface area contributed by atoms with Gasteiger partial charge >= 0.3 is 12.1 Å². The van der Waals surface area contributed by atoms with Gasteiger partial charge in [-0.3, -0.25) is 0 Å². The highest BCUT2D eigenvalue weighted by Crippen LogP contribution is 2.28. The number of methoxy groups -OCH3 is 1. The summed E-state index contributed by atoms with van der Waals surface area (Å²) < 4.78 is 29.2. The third-order valence-corrected chi connectivity index (χ3v) is 3.25. The van der Waals surface area contributed by atoms with Crippen LogP contribution in [0.3, 0.4) is 0 Å². The van der Waals surface area contributed by atoms with Gasteiger partial charge in [0.25, 0.3) is 0 Å². The van der Waals surface area contributed by atoms with Crippen molar-refractivity contribution in [3.63, 3.8) is 0 Å². The monoisotopic (exact) mass is 388 g/mol. The molecule has 0 saturated heterocycles. The fourth-order valence-corrected chi connectivity index (χ4v) is 2.09. The molecule has 0 unspecified atom stereocenters. The Morgan fingerprint density at radius 1 is 1.11 bits per heavy atom. The molecule has 0 saturated carbocycles. The summed E-state index contributed by atoms with van der Waals surface area (Å²) in [5, 5.41) is 3.79. The summed E-state index contributed by atoms with van der Waals surface area (Å²) in [4.78, 5) is 23.7. The number of halogens is 1. The molecule has 8 heteroatoms. The number of rotatable bonds is 5. The zero-order valence-corrected chi connectivity index (χ0v) is 16.0. The van der Waals surface area contributed by atoms with E-state index in [1.54, 1.807) is 32.9 Å². The first-order valence-electron chi connectivity index (χ1n) is 8.36. The van der Waals surface area contributed by atoms with Gasteiger partial charge in [-0.2, -0.15) is 5.10 Å². The lowest BCUT2D eigenvalue weighted by Gasteiger charge is -2.18. The van der Waals surface area contributed by atoms with Crippen molar-refractivity contribution in [3.05, 3.63) is 59.4 Å². The predicted octanol–water partition coefficient (Wildman–Crippen LogP) is 3.91. The molecule has 0 heterocycles. The fraction of sp³-hybridized carbons (Fsp3) is 0.250. The topological polar surface area (TPSA) is 86.2 Å². The molecule has 0 bridgehead atoms. The van der Waals surface area contributed by atoms with E-state index in [9.17, 15) is 14.0 Å². The van der Waals surface area contributed by atoms with Crippen molar-refractivity contribution in [2.75, 3.05) is 7.11 Å². The number of hydrazone groups is 1. The highest BCUT2D eigenvalue weighted by molar-refractivity contribution is 5.92. The summed E-state index contributed by atoms with van der Waals surface area (Å²) in [6.07, 6.45) is 0.681. The highest BCUT2D eigenvalue weighted by Gasteiger charge is 2.17. The molecule has 28 heavy (non-hydrogen) atoms. The number of benzene rings is 2. The summed E-state index contributed by atoms with van der Waals surface area (Å²) in [5.74, 6) is -1.16. The maximum atomic E-state index is 13.7. The van der Waals surface area contributed by atoms with Crippen LogP contribution >= 0.6 is 0 Å². The number of amides is 1. The van der Waals surface area contributed by atoms with Crippen molar-refractivity contribution >= 4 is 18.3 Å². The van der Waals surface area contributed by atoms with Crippen molar-refractivity contribution in [1.82, 2.24) is 5.43 Å². The minimum absolute atomic E-state index is 0.119. The zero-order chi connectivity index (χ0) is 20.7. The lowest BCUT2D eigenvalue weighted by atomic mass is 10.2. The molecule has 2 aromatic carbocycles. The molecule has 0 spiro atoms. The van der Waals surface area contributed by atoms with Crippen molar-refractivity contribution in [3.8, 4) is 11.5 Å². The summed E-state index contributed by atoms with van der Waals surface area (Å²) in [7, 11) is 1.40. The average molecular weight is 388 g/mol. The second-order valence-corrected chi connectivity index (χ2v) is 6.65. The number of hydrogen-bond donors (Lipinski definition) is 1. The third kappa shape index (κ3) is 6.08. The summed E-state index contributed by atoms with van der Waals surface area (Å²) in [6, 6.07) is 10.1. The van der Waals surface area contributed by atoms with E-state index in [4.69, 9.17) is 14.2 Å². The number of hydrogen-bond acceptors (Lipinski definition) is 6. The van der Waals surface area contributed by atoms with Gasteiger partial charge in [0.05, 0.1) is 18.9 Å². The van der Waals surface area contributed by atoms with Crippen molar-refractivity contribution in [1.29, 1.82) is 0 Å². The van der Waals surface area contributed by atoms with Crippen LogP contribution in [0.25, 0.3) is 0 Å². The number of carbonyl (C=O) groups is 2. The summed E-state index contributed by atoms with van der Waals surface area (Å²) in [6.45, 7) is 5.22. The van der Waals surface area contributed by atoms with E-state index < -0.39 is 23.5 Å². The smallest absolute Gasteiger partial charge is 0.428 e. The van der Waals surface area contributed by atoms with Gasteiger partial charge in [0.15, 0.2) is 11.5 Å².